The second-order valence-corrected chi connectivity index (χ2v) is 5.70. The van der Waals surface area contributed by atoms with E-state index < -0.39 is 21.0 Å². The zero-order chi connectivity index (χ0) is 16.3. The molecule has 0 amide bonds. The number of benzene rings is 2. The normalized spacial score (nSPS) is 11.0. The molecule has 8 heteroatoms. The average molecular weight is 320 g/mol. The van der Waals surface area contributed by atoms with E-state index in [2.05, 4.69) is 0 Å². The van der Waals surface area contributed by atoms with Crippen LogP contribution in [-0.2, 0) is 10.1 Å². The topological polar surface area (TPSA) is 131 Å². The molecule has 2 aromatic carbocycles. The summed E-state index contributed by atoms with van der Waals surface area (Å²) in [6.07, 6.45) is 0. The third-order valence-corrected chi connectivity index (χ3v) is 3.62. The SMILES string of the molecule is N=C(N)c1ccc(OC(=O)c2ccccc2)c(S(=O)(=O)O)c1. The van der Waals surface area contributed by atoms with Gasteiger partial charge in [0.05, 0.1) is 5.56 Å². The van der Waals surface area contributed by atoms with Crippen LogP contribution in [0, 0.1) is 5.41 Å². The highest BCUT2D eigenvalue weighted by Gasteiger charge is 2.21. The molecule has 0 fully saturated rings. The maximum atomic E-state index is 11.9. The predicted molar refractivity (Wildman–Crippen MR) is 78.7 cm³/mol. The number of nitrogens with two attached hydrogens (primary N) is 1. The van der Waals surface area contributed by atoms with Crippen molar-refractivity contribution >= 4 is 21.9 Å². The number of amidine groups is 1. The van der Waals surface area contributed by atoms with Gasteiger partial charge in [0.15, 0.2) is 5.75 Å². The van der Waals surface area contributed by atoms with Crippen LogP contribution in [0.5, 0.6) is 5.75 Å². The minimum absolute atomic E-state index is 0.0761. The minimum atomic E-state index is -4.65. The molecule has 0 aliphatic heterocycles. The molecule has 0 radical (unpaired) electrons. The lowest BCUT2D eigenvalue weighted by Crippen LogP contribution is -2.15. The Kier molecular flexibility index (Phi) is 4.25. The maximum Gasteiger partial charge on any atom is 0.343 e. The molecule has 0 saturated carbocycles. The highest BCUT2D eigenvalue weighted by Crippen LogP contribution is 2.25. The maximum absolute atomic E-state index is 11.9. The van der Waals surface area contributed by atoms with Gasteiger partial charge < -0.3 is 10.5 Å². The Bertz CT molecular complexity index is 832. The molecule has 0 spiro atoms. The Hall–Kier alpha value is -2.71. The van der Waals surface area contributed by atoms with Crippen molar-refractivity contribution in [3.05, 3.63) is 59.7 Å². The fourth-order valence-electron chi connectivity index (χ4n) is 1.69. The lowest BCUT2D eigenvalue weighted by atomic mass is 10.2. The third kappa shape index (κ3) is 3.48. The van der Waals surface area contributed by atoms with E-state index in [0.29, 0.717) is 0 Å². The lowest BCUT2D eigenvalue weighted by molar-refractivity contribution is 0.0730. The second kappa shape index (κ2) is 5.96. The number of nitrogens with one attached hydrogen (secondary N) is 1. The van der Waals surface area contributed by atoms with Crippen LogP contribution in [0.3, 0.4) is 0 Å². The summed E-state index contributed by atoms with van der Waals surface area (Å²) in [5.41, 5.74) is 5.57. The molecule has 0 atom stereocenters. The van der Waals surface area contributed by atoms with Gasteiger partial charge in [0.2, 0.25) is 0 Å². The van der Waals surface area contributed by atoms with Crippen molar-refractivity contribution in [2.24, 2.45) is 5.73 Å². The van der Waals surface area contributed by atoms with Crippen LogP contribution >= 0.6 is 0 Å². The summed E-state index contributed by atoms with van der Waals surface area (Å²) in [7, 11) is -4.65. The summed E-state index contributed by atoms with van der Waals surface area (Å²) >= 11 is 0. The molecule has 0 bridgehead atoms. The van der Waals surface area contributed by atoms with Crippen LogP contribution < -0.4 is 10.5 Å². The van der Waals surface area contributed by atoms with Gasteiger partial charge in [0.1, 0.15) is 10.7 Å². The highest BCUT2D eigenvalue weighted by atomic mass is 32.2. The Morgan fingerprint density at radius 3 is 2.27 bits per heavy atom. The molecule has 0 aliphatic rings. The number of ether oxygens (including phenoxy) is 1. The van der Waals surface area contributed by atoms with E-state index in [1.165, 1.54) is 18.2 Å². The van der Waals surface area contributed by atoms with Crippen molar-refractivity contribution in [2.75, 3.05) is 0 Å². The number of hydrogen-bond donors (Lipinski definition) is 3. The number of esters is 1. The summed E-state index contributed by atoms with van der Waals surface area (Å²) in [6, 6.07) is 11.4. The fourth-order valence-corrected chi connectivity index (χ4v) is 2.33. The van der Waals surface area contributed by atoms with Crippen molar-refractivity contribution in [1.82, 2.24) is 0 Å². The molecule has 0 aliphatic carbocycles. The summed E-state index contributed by atoms with van der Waals surface area (Å²) in [5.74, 6) is -1.51. The second-order valence-electron chi connectivity index (χ2n) is 4.31. The molecule has 2 rings (SSSR count). The monoisotopic (exact) mass is 320 g/mol. The van der Waals surface area contributed by atoms with Crippen molar-refractivity contribution in [2.45, 2.75) is 4.90 Å². The van der Waals surface area contributed by atoms with Gasteiger partial charge in [0, 0.05) is 5.56 Å². The Morgan fingerprint density at radius 2 is 1.73 bits per heavy atom. The van der Waals surface area contributed by atoms with E-state index in [9.17, 15) is 17.8 Å². The molecule has 114 valence electrons. The zero-order valence-corrected chi connectivity index (χ0v) is 12.0. The first-order valence-electron chi connectivity index (χ1n) is 6.02. The number of rotatable bonds is 4. The standard InChI is InChI=1S/C14H12N2O5S/c15-13(16)10-6-7-11(12(8-10)22(18,19)20)21-14(17)9-4-2-1-3-5-9/h1-8H,(H3,15,16)(H,18,19,20). The van der Waals surface area contributed by atoms with Crippen LogP contribution in [0.2, 0.25) is 0 Å². The van der Waals surface area contributed by atoms with Crippen molar-refractivity contribution in [3.8, 4) is 5.75 Å². The average Bonchev–Trinajstić information content (AvgIpc) is 2.47. The van der Waals surface area contributed by atoms with Gasteiger partial charge >= 0.3 is 5.97 Å². The first-order chi connectivity index (χ1) is 10.3. The van der Waals surface area contributed by atoms with E-state index in [0.717, 1.165) is 12.1 Å². The first kappa shape index (κ1) is 15.7. The lowest BCUT2D eigenvalue weighted by Gasteiger charge is -2.09. The molecule has 0 heterocycles. The minimum Gasteiger partial charge on any atom is -0.421 e. The molecule has 0 aromatic heterocycles. The largest absolute Gasteiger partial charge is 0.421 e. The summed E-state index contributed by atoms with van der Waals surface area (Å²) in [5, 5.41) is 7.28. The van der Waals surface area contributed by atoms with Crippen molar-refractivity contribution in [3.63, 3.8) is 0 Å². The smallest absolute Gasteiger partial charge is 0.343 e. The molecule has 0 saturated heterocycles. The summed E-state index contributed by atoms with van der Waals surface area (Å²) in [4.78, 5) is 11.3. The quantitative estimate of drug-likeness (QED) is 0.257. The van der Waals surface area contributed by atoms with Crippen LogP contribution in [0.25, 0.3) is 0 Å². The number of hydrogen-bond acceptors (Lipinski definition) is 5. The summed E-state index contributed by atoms with van der Waals surface area (Å²) < 4.78 is 37.0. The zero-order valence-electron chi connectivity index (χ0n) is 11.2. The van der Waals surface area contributed by atoms with Crippen LogP contribution in [0.15, 0.2) is 53.4 Å². The first-order valence-corrected chi connectivity index (χ1v) is 7.46. The molecular weight excluding hydrogens is 308 g/mol. The van der Waals surface area contributed by atoms with E-state index in [4.69, 9.17) is 15.9 Å². The predicted octanol–water partition coefficient (Wildman–Crippen LogP) is 1.44. The van der Waals surface area contributed by atoms with Gasteiger partial charge in [-0.3, -0.25) is 9.96 Å². The molecule has 2 aromatic rings. The molecular formula is C14H12N2O5S. The third-order valence-electron chi connectivity index (χ3n) is 2.74. The molecule has 4 N–H and O–H groups in total. The van der Waals surface area contributed by atoms with Gasteiger partial charge in [-0.25, -0.2) is 4.79 Å². The van der Waals surface area contributed by atoms with Gasteiger partial charge in [-0.05, 0) is 30.3 Å². The number of carbonyl (C=O) groups is 1. The fraction of sp³-hybridized carbons (Fsp3) is 0. The van der Waals surface area contributed by atoms with E-state index in [-0.39, 0.29) is 22.7 Å². The van der Waals surface area contributed by atoms with Crippen LogP contribution in [0.4, 0.5) is 0 Å². The molecule has 22 heavy (non-hydrogen) atoms. The van der Waals surface area contributed by atoms with Crippen LogP contribution in [-0.4, -0.2) is 24.8 Å². The Labute approximate surface area is 126 Å². The number of carbonyl (C=O) groups excluding carboxylic acids is 1. The summed E-state index contributed by atoms with van der Waals surface area (Å²) in [6.45, 7) is 0. The Morgan fingerprint density at radius 1 is 1.09 bits per heavy atom. The van der Waals surface area contributed by atoms with Gasteiger partial charge in [-0.15, -0.1) is 0 Å². The van der Waals surface area contributed by atoms with Crippen LogP contribution in [0.1, 0.15) is 15.9 Å². The number of nitrogen functional groups attached to an aromatic ring is 1. The van der Waals surface area contributed by atoms with Crippen molar-refractivity contribution < 1.29 is 22.5 Å². The van der Waals surface area contributed by atoms with E-state index in [1.54, 1.807) is 18.2 Å². The van der Waals surface area contributed by atoms with Gasteiger partial charge in [0.25, 0.3) is 10.1 Å². The van der Waals surface area contributed by atoms with Gasteiger partial charge in [-0.2, -0.15) is 8.42 Å². The highest BCUT2D eigenvalue weighted by molar-refractivity contribution is 7.86. The molecule has 0 unspecified atom stereocenters. The Balaban J connectivity index is 2.43. The van der Waals surface area contributed by atoms with E-state index >= 15 is 0 Å². The van der Waals surface area contributed by atoms with E-state index in [1.807, 2.05) is 0 Å². The van der Waals surface area contributed by atoms with Gasteiger partial charge in [-0.1, -0.05) is 18.2 Å². The molecule has 7 nitrogen and oxygen atoms in total. The van der Waals surface area contributed by atoms with Crippen molar-refractivity contribution in [1.29, 1.82) is 5.41 Å².